The van der Waals surface area contributed by atoms with Crippen molar-refractivity contribution in [2.45, 2.75) is 39.2 Å². The number of hydrogen-bond acceptors (Lipinski definition) is 4. The van der Waals surface area contributed by atoms with Crippen molar-refractivity contribution >= 4 is 18.3 Å². The molecule has 2 atom stereocenters. The minimum Gasteiger partial charge on any atom is -0.504 e. The minimum absolute atomic E-state index is 0. The zero-order valence-corrected chi connectivity index (χ0v) is 16.2. The van der Waals surface area contributed by atoms with Gasteiger partial charge >= 0.3 is 0 Å². The van der Waals surface area contributed by atoms with E-state index in [0.717, 1.165) is 12.1 Å². The predicted octanol–water partition coefficient (Wildman–Crippen LogP) is 2.93. The number of aromatic nitrogens is 2. The molecule has 1 aliphatic rings. The van der Waals surface area contributed by atoms with Gasteiger partial charge in [-0.3, -0.25) is 4.79 Å². The van der Waals surface area contributed by atoms with Gasteiger partial charge in [0.2, 0.25) is 0 Å². The summed E-state index contributed by atoms with van der Waals surface area (Å²) in [4.78, 5) is 14.5. The molecule has 0 saturated carbocycles. The zero-order valence-electron chi connectivity index (χ0n) is 15.4. The molecule has 1 fully saturated rings. The number of carbonyl (C=O) groups is 1. The molecule has 1 aliphatic heterocycles. The highest BCUT2D eigenvalue weighted by Gasteiger charge is 2.34. The van der Waals surface area contributed by atoms with Gasteiger partial charge in [0.05, 0.1) is 11.9 Å². The normalized spacial score (nSPS) is 19.7. The molecule has 1 aromatic heterocycles. The summed E-state index contributed by atoms with van der Waals surface area (Å²) in [6.45, 7) is 7.46. The summed E-state index contributed by atoms with van der Waals surface area (Å²) < 4.78 is 1.55. The smallest absolute Gasteiger partial charge is 0.278 e. The lowest BCUT2D eigenvalue weighted by Crippen LogP contribution is -2.34. The van der Waals surface area contributed by atoms with Crippen molar-refractivity contribution in [1.82, 2.24) is 14.7 Å². The maximum atomic E-state index is 12.8. The highest BCUT2D eigenvalue weighted by molar-refractivity contribution is 5.95. The minimum atomic E-state index is -0.237. The number of likely N-dealkylation sites (tertiary alicyclic amines) is 1. The molecule has 0 spiro atoms. The Morgan fingerprint density at radius 1 is 1.35 bits per heavy atom. The van der Waals surface area contributed by atoms with E-state index in [2.05, 4.69) is 18.9 Å². The molecule has 1 aromatic carbocycles. The van der Waals surface area contributed by atoms with Gasteiger partial charge in [-0.15, -0.1) is 12.4 Å². The summed E-state index contributed by atoms with van der Waals surface area (Å²) in [6, 6.07) is 8.07. The van der Waals surface area contributed by atoms with Crippen LogP contribution in [-0.4, -0.2) is 44.8 Å². The van der Waals surface area contributed by atoms with Crippen LogP contribution in [-0.2, 0) is 0 Å². The van der Waals surface area contributed by atoms with E-state index in [1.807, 2.05) is 31.2 Å². The van der Waals surface area contributed by atoms with Crippen molar-refractivity contribution in [3.63, 3.8) is 0 Å². The summed E-state index contributed by atoms with van der Waals surface area (Å²) in [5, 5.41) is 14.5. The lowest BCUT2D eigenvalue weighted by molar-refractivity contribution is 0.0734. The predicted molar refractivity (Wildman–Crippen MR) is 104 cm³/mol. The van der Waals surface area contributed by atoms with Gasteiger partial charge in [-0.05, 0) is 49.4 Å². The monoisotopic (exact) mass is 378 g/mol. The van der Waals surface area contributed by atoms with E-state index in [1.165, 1.54) is 11.8 Å². The van der Waals surface area contributed by atoms with E-state index in [0.29, 0.717) is 24.9 Å². The first-order chi connectivity index (χ1) is 11.9. The maximum absolute atomic E-state index is 12.8. The highest BCUT2D eigenvalue weighted by Crippen LogP contribution is 2.27. The molecule has 2 aromatic rings. The standard InChI is InChI=1S/C19H26N4O2.ClH/c1-12(2)15-4-6-16(7-5-15)23-11-17(24)18(21-23)19(25)22-10-14(9-20)8-13(22)3;/h4-7,11-14,24H,8-10,20H2,1-3H3;1H. The van der Waals surface area contributed by atoms with Gasteiger partial charge in [0.1, 0.15) is 0 Å². The fourth-order valence-electron chi connectivity index (χ4n) is 3.39. The third-order valence-corrected chi connectivity index (χ3v) is 4.98. The quantitative estimate of drug-likeness (QED) is 0.856. The van der Waals surface area contributed by atoms with Crippen LogP contribution >= 0.6 is 12.4 Å². The third kappa shape index (κ3) is 3.86. The largest absolute Gasteiger partial charge is 0.504 e. The summed E-state index contributed by atoms with van der Waals surface area (Å²) in [5.41, 5.74) is 7.87. The lowest BCUT2D eigenvalue weighted by Gasteiger charge is -2.20. The fraction of sp³-hybridized carbons (Fsp3) is 0.474. The molecule has 2 heterocycles. The van der Waals surface area contributed by atoms with Gasteiger partial charge < -0.3 is 15.7 Å². The molecule has 0 radical (unpaired) electrons. The first-order valence-electron chi connectivity index (χ1n) is 8.80. The van der Waals surface area contributed by atoms with Crippen LogP contribution in [0.1, 0.15) is 49.2 Å². The maximum Gasteiger partial charge on any atom is 0.278 e. The van der Waals surface area contributed by atoms with Crippen LogP contribution in [0.15, 0.2) is 30.5 Å². The second-order valence-electron chi connectivity index (χ2n) is 7.20. The second-order valence-corrected chi connectivity index (χ2v) is 7.20. The van der Waals surface area contributed by atoms with Crippen LogP contribution in [0.5, 0.6) is 5.75 Å². The van der Waals surface area contributed by atoms with Crippen molar-refractivity contribution in [1.29, 1.82) is 0 Å². The molecule has 3 rings (SSSR count). The zero-order chi connectivity index (χ0) is 18.1. The van der Waals surface area contributed by atoms with Gasteiger partial charge in [-0.2, -0.15) is 5.10 Å². The molecule has 0 aliphatic carbocycles. The van der Waals surface area contributed by atoms with Crippen LogP contribution in [0.2, 0.25) is 0 Å². The first kappa shape index (κ1) is 20.3. The van der Waals surface area contributed by atoms with E-state index in [-0.39, 0.29) is 35.8 Å². The number of halogens is 1. The van der Waals surface area contributed by atoms with Crippen LogP contribution in [0.4, 0.5) is 0 Å². The van der Waals surface area contributed by atoms with E-state index < -0.39 is 0 Å². The molecule has 26 heavy (non-hydrogen) atoms. The molecule has 6 nitrogen and oxygen atoms in total. The Labute approximate surface area is 160 Å². The SMILES string of the molecule is CC(C)c1ccc(-n2cc(O)c(C(=O)N3CC(CN)CC3C)n2)cc1.Cl. The Balaban J connectivity index is 0.00000243. The number of benzene rings is 1. The topological polar surface area (TPSA) is 84.4 Å². The summed E-state index contributed by atoms with van der Waals surface area (Å²) in [6.07, 6.45) is 2.37. The molecule has 1 saturated heterocycles. The number of amides is 1. The van der Waals surface area contributed by atoms with Gasteiger partial charge in [-0.1, -0.05) is 26.0 Å². The van der Waals surface area contributed by atoms with Gasteiger partial charge in [0.25, 0.3) is 5.91 Å². The second kappa shape index (κ2) is 8.10. The highest BCUT2D eigenvalue weighted by atomic mass is 35.5. The molecular weight excluding hydrogens is 352 g/mol. The van der Waals surface area contributed by atoms with Gasteiger partial charge in [0, 0.05) is 12.6 Å². The van der Waals surface area contributed by atoms with E-state index in [1.54, 1.807) is 9.58 Å². The molecular formula is C19H27ClN4O2. The number of hydrogen-bond donors (Lipinski definition) is 2. The molecule has 142 valence electrons. The Hall–Kier alpha value is -2.05. The average Bonchev–Trinajstić information content (AvgIpc) is 3.17. The average molecular weight is 379 g/mol. The van der Waals surface area contributed by atoms with Crippen molar-refractivity contribution in [2.75, 3.05) is 13.1 Å². The summed E-state index contributed by atoms with van der Waals surface area (Å²) in [5.74, 6) is 0.427. The van der Waals surface area contributed by atoms with Crippen LogP contribution in [0.25, 0.3) is 5.69 Å². The first-order valence-corrected chi connectivity index (χ1v) is 8.80. The summed E-state index contributed by atoms with van der Waals surface area (Å²) >= 11 is 0. The van der Waals surface area contributed by atoms with E-state index in [4.69, 9.17) is 5.73 Å². The summed E-state index contributed by atoms with van der Waals surface area (Å²) in [7, 11) is 0. The Bertz CT molecular complexity index is 757. The Morgan fingerprint density at radius 3 is 2.54 bits per heavy atom. The lowest BCUT2D eigenvalue weighted by atomic mass is 10.0. The van der Waals surface area contributed by atoms with Crippen molar-refractivity contribution < 1.29 is 9.90 Å². The van der Waals surface area contributed by atoms with Gasteiger partial charge in [0.15, 0.2) is 11.4 Å². The van der Waals surface area contributed by atoms with Crippen molar-refractivity contribution in [2.24, 2.45) is 11.7 Å². The fourth-order valence-corrected chi connectivity index (χ4v) is 3.39. The van der Waals surface area contributed by atoms with Crippen LogP contribution in [0.3, 0.4) is 0 Å². The molecule has 3 N–H and O–H groups in total. The Morgan fingerprint density at radius 2 is 2.00 bits per heavy atom. The third-order valence-electron chi connectivity index (χ3n) is 4.98. The van der Waals surface area contributed by atoms with Crippen LogP contribution in [0, 0.1) is 5.92 Å². The van der Waals surface area contributed by atoms with Gasteiger partial charge in [-0.25, -0.2) is 4.68 Å². The molecule has 2 unspecified atom stereocenters. The number of carbonyl (C=O) groups excluding carboxylic acids is 1. The molecule has 1 amide bonds. The van der Waals surface area contributed by atoms with Crippen molar-refractivity contribution in [3.05, 3.63) is 41.7 Å². The molecule has 7 heteroatoms. The number of nitrogens with two attached hydrogens (primary N) is 1. The number of rotatable bonds is 4. The molecule has 0 bridgehead atoms. The van der Waals surface area contributed by atoms with Crippen molar-refractivity contribution in [3.8, 4) is 11.4 Å². The van der Waals surface area contributed by atoms with E-state index in [9.17, 15) is 9.90 Å². The Kier molecular flexibility index (Phi) is 6.31. The number of aromatic hydroxyl groups is 1. The van der Waals surface area contributed by atoms with Crippen LogP contribution < -0.4 is 5.73 Å². The number of nitrogens with zero attached hydrogens (tertiary/aromatic N) is 3. The van der Waals surface area contributed by atoms with E-state index >= 15 is 0 Å².